The fraction of sp³-hybridized carbons (Fsp3) is 1.00. The number of ether oxygens (including phenoxy) is 1. The highest BCUT2D eigenvalue weighted by Gasteiger charge is 2.61. The molecule has 0 radical (unpaired) electrons. The molecule has 4 nitrogen and oxygen atoms in total. The zero-order valence-electron chi connectivity index (χ0n) is 14.1. The summed E-state index contributed by atoms with van der Waals surface area (Å²) in [5.41, 5.74) is 0.298. The monoisotopic (exact) mass is 296 g/mol. The normalized spacial score (nSPS) is 41.6. The van der Waals surface area contributed by atoms with Crippen LogP contribution in [0.25, 0.3) is 0 Å². The molecule has 0 amide bonds. The van der Waals surface area contributed by atoms with E-state index >= 15 is 0 Å². The fourth-order valence-electron chi connectivity index (χ4n) is 5.18. The van der Waals surface area contributed by atoms with Gasteiger partial charge in [0.25, 0.3) is 0 Å². The molecule has 1 N–H and O–H groups in total. The van der Waals surface area contributed by atoms with Gasteiger partial charge >= 0.3 is 0 Å². The van der Waals surface area contributed by atoms with Gasteiger partial charge in [-0.1, -0.05) is 20.8 Å². The molecular weight excluding hydrogens is 264 g/mol. The number of aliphatic hydroxyl groups excluding tert-OH is 1. The summed E-state index contributed by atoms with van der Waals surface area (Å²) in [4.78, 5) is 5.21. The third kappa shape index (κ3) is 2.65. The Labute approximate surface area is 129 Å². The highest BCUT2D eigenvalue weighted by atomic mass is 16.5. The first-order valence-electron chi connectivity index (χ1n) is 8.73. The Morgan fingerprint density at radius 1 is 1.33 bits per heavy atom. The van der Waals surface area contributed by atoms with E-state index in [0.29, 0.717) is 23.6 Å². The van der Waals surface area contributed by atoms with E-state index in [2.05, 4.69) is 30.6 Å². The van der Waals surface area contributed by atoms with Crippen molar-refractivity contribution in [3.63, 3.8) is 0 Å². The highest BCUT2D eigenvalue weighted by Crippen LogP contribution is 2.54. The van der Waals surface area contributed by atoms with Gasteiger partial charge in [0.15, 0.2) is 0 Å². The maximum absolute atomic E-state index is 9.68. The van der Waals surface area contributed by atoms with Crippen molar-refractivity contribution >= 4 is 0 Å². The van der Waals surface area contributed by atoms with E-state index in [-0.39, 0.29) is 6.10 Å². The fourth-order valence-corrected chi connectivity index (χ4v) is 5.18. The average molecular weight is 296 g/mol. The van der Waals surface area contributed by atoms with E-state index in [1.807, 2.05) is 6.92 Å². The summed E-state index contributed by atoms with van der Waals surface area (Å²) in [6, 6.07) is 1.28. The number of piperazine rings is 1. The van der Waals surface area contributed by atoms with Crippen LogP contribution in [-0.4, -0.2) is 72.0 Å². The van der Waals surface area contributed by atoms with Gasteiger partial charge in [0.2, 0.25) is 0 Å². The standard InChI is InChI=1S/C17H32N2O2/c1-5-13-11-19(8-7-18(13)10-12(2)20)15-14-6-9-21-16(14)17(15,3)4/h12-16,20H,5-11H2,1-4H3/t12-,13-,14+,15-,16+/m1/s1. The maximum atomic E-state index is 9.68. The van der Waals surface area contributed by atoms with Crippen molar-refractivity contribution in [3.8, 4) is 0 Å². The van der Waals surface area contributed by atoms with Gasteiger partial charge in [-0.05, 0) is 19.8 Å². The minimum Gasteiger partial charge on any atom is -0.392 e. The third-order valence-corrected chi connectivity index (χ3v) is 6.04. The lowest BCUT2D eigenvalue weighted by atomic mass is 9.56. The minimum absolute atomic E-state index is 0.224. The van der Waals surface area contributed by atoms with Crippen molar-refractivity contribution < 1.29 is 9.84 Å². The zero-order valence-corrected chi connectivity index (χ0v) is 14.1. The summed E-state index contributed by atoms with van der Waals surface area (Å²) in [6.45, 7) is 14.1. The Morgan fingerprint density at radius 2 is 2.10 bits per heavy atom. The van der Waals surface area contributed by atoms with E-state index in [4.69, 9.17) is 4.74 Å². The molecule has 0 spiro atoms. The molecule has 0 unspecified atom stereocenters. The van der Waals surface area contributed by atoms with Gasteiger partial charge < -0.3 is 9.84 Å². The Kier molecular flexibility index (Phi) is 4.34. The summed E-state index contributed by atoms with van der Waals surface area (Å²) in [7, 11) is 0. The summed E-state index contributed by atoms with van der Waals surface area (Å²) >= 11 is 0. The summed E-state index contributed by atoms with van der Waals surface area (Å²) < 4.78 is 5.94. The zero-order chi connectivity index (χ0) is 15.2. The van der Waals surface area contributed by atoms with E-state index in [9.17, 15) is 5.11 Å². The first-order chi connectivity index (χ1) is 9.95. The molecule has 4 heteroatoms. The van der Waals surface area contributed by atoms with E-state index in [1.165, 1.54) is 12.8 Å². The number of β-amino-alcohol motifs (C(OH)–C–C–N with tert-alkyl or cyclic N) is 1. The van der Waals surface area contributed by atoms with Crippen LogP contribution < -0.4 is 0 Å². The Morgan fingerprint density at radius 3 is 2.76 bits per heavy atom. The lowest BCUT2D eigenvalue weighted by Crippen LogP contribution is -2.70. The molecule has 1 aliphatic carbocycles. The van der Waals surface area contributed by atoms with Crippen molar-refractivity contribution in [2.75, 3.05) is 32.8 Å². The van der Waals surface area contributed by atoms with Crippen LogP contribution >= 0.6 is 0 Å². The quantitative estimate of drug-likeness (QED) is 0.854. The molecular formula is C17H32N2O2. The van der Waals surface area contributed by atoms with Crippen molar-refractivity contribution in [1.82, 2.24) is 9.80 Å². The molecule has 0 bridgehead atoms. The predicted molar refractivity (Wildman–Crippen MR) is 84.3 cm³/mol. The largest absolute Gasteiger partial charge is 0.392 e. The Hall–Kier alpha value is -0.160. The van der Waals surface area contributed by atoms with Gasteiger partial charge in [-0.25, -0.2) is 0 Å². The molecule has 21 heavy (non-hydrogen) atoms. The second-order valence-electron chi connectivity index (χ2n) is 7.91. The number of nitrogens with zero attached hydrogens (tertiary/aromatic N) is 2. The SMILES string of the molecule is CC[C@@H]1CN([C@@H]2[C@@H]3CCO[C@@H]3C2(C)C)CCN1C[C@@H](C)O. The number of hydrogen-bond acceptors (Lipinski definition) is 4. The molecule has 2 saturated heterocycles. The van der Waals surface area contributed by atoms with Crippen LogP contribution in [0.3, 0.4) is 0 Å². The molecule has 2 aliphatic heterocycles. The second kappa shape index (κ2) is 5.80. The van der Waals surface area contributed by atoms with Crippen molar-refractivity contribution in [1.29, 1.82) is 0 Å². The summed E-state index contributed by atoms with van der Waals surface area (Å²) in [6.07, 6.45) is 2.67. The van der Waals surface area contributed by atoms with Crippen LogP contribution in [0.2, 0.25) is 0 Å². The van der Waals surface area contributed by atoms with E-state index < -0.39 is 0 Å². The lowest BCUT2D eigenvalue weighted by molar-refractivity contribution is -0.166. The van der Waals surface area contributed by atoms with Crippen LogP contribution in [0.4, 0.5) is 0 Å². The first kappa shape index (κ1) is 15.7. The number of hydrogen-bond donors (Lipinski definition) is 1. The van der Waals surface area contributed by atoms with E-state index in [0.717, 1.165) is 38.7 Å². The predicted octanol–water partition coefficient (Wildman–Crippen LogP) is 1.58. The first-order valence-corrected chi connectivity index (χ1v) is 8.73. The molecule has 1 saturated carbocycles. The molecule has 0 aromatic heterocycles. The van der Waals surface area contributed by atoms with Crippen LogP contribution in [-0.2, 0) is 4.74 Å². The molecule has 3 aliphatic rings. The number of fused-ring (bicyclic) bond motifs is 1. The molecule has 3 fully saturated rings. The van der Waals surface area contributed by atoms with Crippen LogP contribution in [0.5, 0.6) is 0 Å². The van der Waals surface area contributed by atoms with E-state index in [1.54, 1.807) is 0 Å². The summed E-state index contributed by atoms with van der Waals surface area (Å²) in [5.74, 6) is 0.751. The molecule has 0 aromatic carbocycles. The van der Waals surface area contributed by atoms with Gasteiger partial charge in [0, 0.05) is 56.2 Å². The molecule has 5 atom stereocenters. The molecule has 0 aromatic rings. The number of aliphatic hydroxyl groups is 1. The van der Waals surface area contributed by atoms with Gasteiger partial charge in [-0.15, -0.1) is 0 Å². The Balaban J connectivity index is 1.65. The highest BCUT2D eigenvalue weighted by molar-refractivity contribution is 5.12. The van der Waals surface area contributed by atoms with Gasteiger partial charge in [0.1, 0.15) is 0 Å². The van der Waals surface area contributed by atoms with Crippen LogP contribution in [0, 0.1) is 11.3 Å². The van der Waals surface area contributed by atoms with Gasteiger partial charge in [0.05, 0.1) is 12.2 Å². The minimum atomic E-state index is -0.224. The van der Waals surface area contributed by atoms with Gasteiger partial charge in [-0.3, -0.25) is 9.80 Å². The van der Waals surface area contributed by atoms with Crippen molar-refractivity contribution in [2.24, 2.45) is 11.3 Å². The molecule has 2 heterocycles. The lowest BCUT2D eigenvalue weighted by Gasteiger charge is -2.60. The topological polar surface area (TPSA) is 35.9 Å². The smallest absolute Gasteiger partial charge is 0.0685 e. The number of rotatable bonds is 4. The summed E-state index contributed by atoms with van der Waals surface area (Å²) in [5, 5.41) is 9.68. The van der Waals surface area contributed by atoms with Crippen molar-refractivity contribution in [3.05, 3.63) is 0 Å². The van der Waals surface area contributed by atoms with Crippen LogP contribution in [0.15, 0.2) is 0 Å². The van der Waals surface area contributed by atoms with Crippen LogP contribution in [0.1, 0.15) is 40.5 Å². The molecule has 122 valence electrons. The van der Waals surface area contributed by atoms with Gasteiger partial charge in [-0.2, -0.15) is 0 Å². The third-order valence-electron chi connectivity index (χ3n) is 6.04. The Bertz CT molecular complexity index is 372. The maximum Gasteiger partial charge on any atom is 0.0685 e. The molecule has 3 rings (SSSR count). The average Bonchev–Trinajstić information content (AvgIpc) is 2.86. The van der Waals surface area contributed by atoms with Crippen molar-refractivity contribution in [2.45, 2.75) is 64.8 Å². The second-order valence-corrected chi connectivity index (χ2v) is 7.91.